The van der Waals surface area contributed by atoms with Gasteiger partial charge >= 0.3 is 0 Å². The third-order valence-electron chi connectivity index (χ3n) is 3.63. The second-order valence-corrected chi connectivity index (χ2v) is 5.32. The van der Waals surface area contributed by atoms with E-state index in [4.69, 9.17) is 15.0 Å². The van der Waals surface area contributed by atoms with Gasteiger partial charge < -0.3 is 9.47 Å². The third kappa shape index (κ3) is 4.02. The zero-order valence-electron chi connectivity index (χ0n) is 13.5. The summed E-state index contributed by atoms with van der Waals surface area (Å²) in [6.45, 7) is 4.31. The highest BCUT2D eigenvalue weighted by Crippen LogP contribution is 2.25. The van der Waals surface area contributed by atoms with Crippen LogP contribution >= 0.6 is 0 Å². The molecular formula is C18H20N2O3. The van der Waals surface area contributed by atoms with Crippen molar-refractivity contribution in [2.75, 3.05) is 7.11 Å². The summed E-state index contributed by atoms with van der Waals surface area (Å²) in [6, 6.07) is 13.4. The topological polar surface area (TPSA) is 71.7 Å². The average molecular weight is 312 g/mol. The van der Waals surface area contributed by atoms with Crippen LogP contribution in [0, 0.1) is 19.4 Å². The van der Waals surface area contributed by atoms with Gasteiger partial charge in [-0.15, -0.1) is 5.11 Å². The lowest BCUT2D eigenvalue weighted by Gasteiger charge is -2.17. The number of ether oxygens (including phenoxy) is 2. The number of amides is 1. The molecule has 5 nitrogen and oxygen atoms in total. The molecule has 2 aromatic carbocycles. The second kappa shape index (κ2) is 7.65. The highest BCUT2D eigenvalue weighted by molar-refractivity contribution is 5.82. The molecule has 0 aromatic heterocycles. The number of hydrogen-bond donors (Lipinski definition) is 1. The van der Waals surface area contributed by atoms with E-state index in [1.54, 1.807) is 6.07 Å². The first-order chi connectivity index (χ1) is 11.1. The molecule has 120 valence electrons. The molecule has 2 rings (SSSR count). The van der Waals surface area contributed by atoms with Crippen molar-refractivity contribution < 1.29 is 14.3 Å². The summed E-state index contributed by atoms with van der Waals surface area (Å²) in [5, 5.41) is 2.97. The molecule has 1 amide bonds. The van der Waals surface area contributed by atoms with Crippen LogP contribution in [0.2, 0.25) is 0 Å². The second-order valence-electron chi connectivity index (χ2n) is 5.32. The normalized spacial score (nSPS) is 11.8. The summed E-state index contributed by atoms with van der Waals surface area (Å²) in [5.74, 6) is 0.178. The minimum absolute atomic E-state index is 0.311. The Morgan fingerprint density at radius 2 is 1.96 bits per heavy atom. The maximum atomic E-state index is 11.7. The van der Waals surface area contributed by atoms with E-state index in [2.05, 4.69) is 5.11 Å². The number of hydrogen-bond acceptors (Lipinski definition) is 4. The molecule has 1 N–H and O–H groups in total. The molecule has 0 heterocycles. The molecule has 23 heavy (non-hydrogen) atoms. The summed E-state index contributed by atoms with van der Waals surface area (Å²) in [4.78, 5) is 11.7. The molecular weight excluding hydrogens is 292 g/mol. The Bertz CT molecular complexity index is 713. The number of rotatable bonds is 6. The van der Waals surface area contributed by atoms with Crippen LogP contribution in [-0.2, 0) is 16.1 Å². The Balaban J connectivity index is 2.25. The number of carbonyl (C=O) groups excluding carboxylic acids is 1. The predicted octanol–water partition coefficient (Wildman–Crippen LogP) is 4.13. The van der Waals surface area contributed by atoms with Crippen LogP contribution in [0.5, 0.6) is 5.75 Å². The number of nitrogens with one attached hydrogen (secondary N) is 1. The lowest BCUT2D eigenvalue weighted by molar-refractivity contribution is -0.128. The molecule has 0 saturated heterocycles. The van der Waals surface area contributed by atoms with E-state index >= 15 is 0 Å². The zero-order chi connectivity index (χ0) is 16.8. The maximum Gasteiger partial charge on any atom is 0.297 e. The van der Waals surface area contributed by atoms with Gasteiger partial charge in [0, 0.05) is 7.11 Å². The molecule has 0 aliphatic rings. The summed E-state index contributed by atoms with van der Waals surface area (Å²) in [6.07, 6.45) is -0.883. The summed E-state index contributed by atoms with van der Waals surface area (Å²) in [5.41, 5.74) is 10.6. The number of aryl methyl sites for hydroxylation is 2. The van der Waals surface area contributed by atoms with Crippen LogP contribution < -0.4 is 4.74 Å². The average Bonchev–Trinajstić information content (AvgIpc) is 2.57. The van der Waals surface area contributed by atoms with Crippen LogP contribution in [-0.4, -0.2) is 13.0 Å². The monoisotopic (exact) mass is 312 g/mol. The number of carbonyl (C=O) groups is 1. The van der Waals surface area contributed by atoms with Gasteiger partial charge in [0.05, 0.1) is 0 Å². The first-order valence-corrected chi connectivity index (χ1v) is 7.28. The SMILES string of the molecule is COC(C(=O)N=N)c1ccccc1COc1cc(C)ccc1C. The van der Waals surface area contributed by atoms with E-state index in [-0.39, 0.29) is 0 Å². The first-order valence-electron chi connectivity index (χ1n) is 7.28. The van der Waals surface area contributed by atoms with E-state index in [0.29, 0.717) is 12.2 Å². The van der Waals surface area contributed by atoms with Gasteiger partial charge in [-0.1, -0.05) is 36.4 Å². The Kier molecular flexibility index (Phi) is 5.60. The van der Waals surface area contributed by atoms with Crippen molar-refractivity contribution in [2.45, 2.75) is 26.6 Å². The molecule has 1 unspecified atom stereocenters. The standard InChI is InChI=1S/C18H20N2O3/c1-12-8-9-13(2)16(10-12)23-11-14-6-4-5-7-15(14)17(22-3)18(21)20-19/h4-10,17,19H,11H2,1-3H3. The first kappa shape index (κ1) is 16.8. The smallest absolute Gasteiger partial charge is 0.297 e. The molecule has 1 atom stereocenters. The predicted molar refractivity (Wildman–Crippen MR) is 86.6 cm³/mol. The maximum absolute atomic E-state index is 11.7. The van der Waals surface area contributed by atoms with Crippen molar-refractivity contribution in [2.24, 2.45) is 5.11 Å². The molecule has 0 aliphatic heterocycles. The zero-order valence-corrected chi connectivity index (χ0v) is 13.5. The van der Waals surface area contributed by atoms with Gasteiger partial charge in [0.1, 0.15) is 12.4 Å². The van der Waals surface area contributed by atoms with E-state index in [9.17, 15) is 4.79 Å². The molecule has 2 aromatic rings. The van der Waals surface area contributed by atoms with E-state index in [0.717, 1.165) is 22.4 Å². The lowest BCUT2D eigenvalue weighted by Crippen LogP contribution is -2.15. The van der Waals surface area contributed by atoms with E-state index in [1.165, 1.54) is 7.11 Å². The molecule has 5 heteroatoms. The lowest BCUT2D eigenvalue weighted by atomic mass is 10.0. The Labute approximate surface area is 135 Å². The van der Waals surface area contributed by atoms with Gasteiger partial charge in [0.25, 0.3) is 5.91 Å². The highest BCUT2D eigenvalue weighted by Gasteiger charge is 2.22. The van der Waals surface area contributed by atoms with Crippen molar-refractivity contribution in [1.29, 1.82) is 5.53 Å². The van der Waals surface area contributed by atoms with Gasteiger partial charge in [0.2, 0.25) is 0 Å². The largest absolute Gasteiger partial charge is 0.489 e. The van der Waals surface area contributed by atoms with Crippen LogP contribution in [0.1, 0.15) is 28.4 Å². The van der Waals surface area contributed by atoms with E-state index < -0.39 is 12.0 Å². The number of benzene rings is 2. The quantitative estimate of drug-likeness (QED) is 0.815. The van der Waals surface area contributed by atoms with Gasteiger partial charge in [-0.05, 0) is 42.2 Å². The molecule has 0 saturated carbocycles. The number of nitrogens with zero attached hydrogens (tertiary/aromatic N) is 1. The minimum Gasteiger partial charge on any atom is -0.489 e. The number of methoxy groups -OCH3 is 1. The van der Waals surface area contributed by atoms with Crippen LogP contribution in [0.3, 0.4) is 0 Å². The summed E-state index contributed by atoms with van der Waals surface area (Å²) in [7, 11) is 1.43. The molecule has 0 spiro atoms. The van der Waals surface area contributed by atoms with Gasteiger partial charge in [-0.3, -0.25) is 4.79 Å². The van der Waals surface area contributed by atoms with Crippen molar-refractivity contribution in [1.82, 2.24) is 0 Å². The fourth-order valence-electron chi connectivity index (χ4n) is 2.36. The van der Waals surface area contributed by atoms with Gasteiger partial charge in [0.15, 0.2) is 6.10 Å². The van der Waals surface area contributed by atoms with Crippen LogP contribution in [0.25, 0.3) is 0 Å². The van der Waals surface area contributed by atoms with Crippen molar-refractivity contribution in [3.63, 3.8) is 0 Å². The molecule has 0 radical (unpaired) electrons. The fourth-order valence-corrected chi connectivity index (χ4v) is 2.36. The summed E-state index contributed by atoms with van der Waals surface area (Å²) < 4.78 is 11.1. The minimum atomic E-state index is -0.883. The highest BCUT2D eigenvalue weighted by atomic mass is 16.5. The van der Waals surface area contributed by atoms with Crippen LogP contribution in [0.4, 0.5) is 0 Å². The van der Waals surface area contributed by atoms with Gasteiger partial charge in [-0.2, -0.15) is 0 Å². The van der Waals surface area contributed by atoms with E-state index in [1.807, 2.05) is 50.2 Å². The molecule has 0 bridgehead atoms. The fraction of sp³-hybridized carbons (Fsp3) is 0.278. The molecule has 0 fully saturated rings. The van der Waals surface area contributed by atoms with Crippen LogP contribution in [0.15, 0.2) is 47.6 Å². The van der Waals surface area contributed by atoms with Crippen molar-refractivity contribution in [3.05, 3.63) is 64.7 Å². The Hall–Kier alpha value is -2.53. The third-order valence-corrected chi connectivity index (χ3v) is 3.63. The molecule has 0 aliphatic carbocycles. The van der Waals surface area contributed by atoms with Crippen molar-refractivity contribution in [3.8, 4) is 5.75 Å². The van der Waals surface area contributed by atoms with Gasteiger partial charge in [-0.25, -0.2) is 5.53 Å². The Morgan fingerprint density at radius 1 is 1.22 bits per heavy atom. The summed E-state index contributed by atoms with van der Waals surface area (Å²) >= 11 is 0. The van der Waals surface area contributed by atoms with Crippen molar-refractivity contribution >= 4 is 5.91 Å². The Morgan fingerprint density at radius 3 is 2.65 bits per heavy atom.